The molecule has 2 aromatic heterocycles. The minimum absolute atomic E-state index is 0.0601. The Balaban J connectivity index is 0.000000970. The molecular formula is C27H36N6O. The molecule has 180 valence electrons. The van der Waals surface area contributed by atoms with Crippen molar-refractivity contribution in [3.8, 4) is 12.8 Å². The average Bonchev–Trinajstić information content (AvgIpc) is 3.38. The van der Waals surface area contributed by atoms with Crippen LogP contribution < -0.4 is 11.1 Å². The number of nitrogens with one attached hydrogen (secondary N) is 2. The van der Waals surface area contributed by atoms with E-state index in [9.17, 15) is 4.79 Å². The summed E-state index contributed by atoms with van der Waals surface area (Å²) in [6, 6.07) is 1.97. The average molecular weight is 461 g/mol. The number of nitrogens with zero attached hydrogens (tertiary/aromatic N) is 3. The minimum atomic E-state index is -0.0601. The summed E-state index contributed by atoms with van der Waals surface area (Å²) in [7, 11) is 1.64. The first-order chi connectivity index (χ1) is 16.3. The van der Waals surface area contributed by atoms with Gasteiger partial charge in [-0.15, -0.1) is 12.8 Å². The van der Waals surface area contributed by atoms with Crippen molar-refractivity contribution in [3.05, 3.63) is 59.1 Å². The Labute approximate surface area is 202 Å². The van der Waals surface area contributed by atoms with Crippen molar-refractivity contribution in [2.24, 2.45) is 17.1 Å². The molecule has 7 heteroatoms. The monoisotopic (exact) mass is 460 g/mol. The van der Waals surface area contributed by atoms with Gasteiger partial charge in [0, 0.05) is 54.1 Å². The molecule has 0 bridgehead atoms. The van der Waals surface area contributed by atoms with Crippen LogP contribution in [-0.4, -0.2) is 33.4 Å². The van der Waals surface area contributed by atoms with Gasteiger partial charge in [-0.05, 0) is 36.3 Å². The van der Waals surface area contributed by atoms with E-state index in [0.29, 0.717) is 23.5 Å². The number of terminal acetylenes is 1. The van der Waals surface area contributed by atoms with E-state index in [2.05, 4.69) is 48.2 Å². The molecule has 4 N–H and O–H groups in total. The summed E-state index contributed by atoms with van der Waals surface area (Å²) in [5.74, 6) is 0.214. The third kappa shape index (κ3) is 6.02. The predicted octanol–water partition coefficient (Wildman–Crippen LogP) is 4.36. The van der Waals surface area contributed by atoms with Crippen LogP contribution >= 0.6 is 0 Å². The molecule has 4 rings (SSSR count). The molecule has 1 atom stereocenters. The minimum Gasteiger partial charge on any atom is -0.402 e. The van der Waals surface area contributed by atoms with Crippen molar-refractivity contribution in [2.45, 2.75) is 53.5 Å². The summed E-state index contributed by atoms with van der Waals surface area (Å²) in [6.45, 7) is 9.07. The molecule has 2 aromatic rings. The Bertz CT molecular complexity index is 1160. The van der Waals surface area contributed by atoms with Crippen LogP contribution in [-0.2, 0) is 11.3 Å². The molecule has 0 spiro atoms. The fraction of sp³-hybridized carbons (Fsp3) is 0.407. The van der Waals surface area contributed by atoms with E-state index in [-0.39, 0.29) is 17.2 Å². The first-order valence-corrected chi connectivity index (χ1v) is 11.6. The molecular weight excluding hydrogens is 424 g/mol. The van der Waals surface area contributed by atoms with E-state index in [1.54, 1.807) is 13.2 Å². The third-order valence-electron chi connectivity index (χ3n) is 5.81. The number of aromatic nitrogens is 3. The van der Waals surface area contributed by atoms with Gasteiger partial charge in [0.2, 0.25) is 0 Å². The van der Waals surface area contributed by atoms with E-state index >= 15 is 0 Å². The number of likely N-dealkylation sites (N-methyl/N-ethyl adjacent to an activating group) is 1. The molecule has 1 amide bonds. The van der Waals surface area contributed by atoms with Gasteiger partial charge < -0.3 is 11.1 Å². The van der Waals surface area contributed by atoms with Crippen LogP contribution in [0.5, 0.6) is 0 Å². The zero-order chi connectivity index (χ0) is 25.5. The largest absolute Gasteiger partial charge is 0.402 e. The summed E-state index contributed by atoms with van der Waals surface area (Å²) in [5.41, 5.74) is 10.7. The number of carbonyl (C=O) groups is 1. The highest BCUT2D eigenvalue weighted by molar-refractivity contribution is 6.12. The predicted molar refractivity (Wildman–Crippen MR) is 139 cm³/mol. The lowest BCUT2D eigenvalue weighted by Gasteiger charge is -2.16. The maximum atomic E-state index is 11.7. The van der Waals surface area contributed by atoms with Crippen molar-refractivity contribution in [2.75, 3.05) is 7.05 Å². The van der Waals surface area contributed by atoms with Gasteiger partial charge in [-0.25, -0.2) is 4.98 Å². The Morgan fingerprint density at radius 3 is 2.59 bits per heavy atom. The zero-order valence-corrected chi connectivity index (χ0v) is 20.9. The molecule has 2 aliphatic carbocycles. The number of nitrogens with two attached hydrogens (primary N) is 1. The van der Waals surface area contributed by atoms with Crippen LogP contribution in [0.25, 0.3) is 11.0 Å². The van der Waals surface area contributed by atoms with E-state index in [4.69, 9.17) is 11.1 Å². The van der Waals surface area contributed by atoms with Gasteiger partial charge in [0.15, 0.2) is 5.65 Å². The number of allylic oxidation sites excluding steroid dienone is 4. The van der Waals surface area contributed by atoms with E-state index in [0.717, 1.165) is 41.5 Å². The molecule has 0 fully saturated rings. The van der Waals surface area contributed by atoms with Crippen molar-refractivity contribution in [1.29, 1.82) is 5.41 Å². The van der Waals surface area contributed by atoms with Gasteiger partial charge in [-0.1, -0.05) is 45.9 Å². The summed E-state index contributed by atoms with van der Waals surface area (Å²) >= 11 is 0. The lowest BCUT2D eigenvalue weighted by molar-refractivity contribution is -0.116. The number of pyridine rings is 1. The van der Waals surface area contributed by atoms with Gasteiger partial charge in [-0.3, -0.25) is 14.9 Å². The van der Waals surface area contributed by atoms with Crippen LogP contribution in [0.2, 0.25) is 0 Å². The van der Waals surface area contributed by atoms with Crippen molar-refractivity contribution in [3.63, 3.8) is 0 Å². The Morgan fingerprint density at radius 1 is 1.32 bits per heavy atom. The van der Waals surface area contributed by atoms with E-state index in [1.165, 1.54) is 0 Å². The molecule has 0 saturated carbocycles. The third-order valence-corrected chi connectivity index (χ3v) is 5.81. The number of carbonyl (C=O) groups excluding carboxylic acids is 1. The van der Waals surface area contributed by atoms with Gasteiger partial charge in [0.05, 0.1) is 5.71 Å². The highest BCUT2D eigenvalue weighted by Gasteiger charge is 2.31. The van der Waals surface area contributed by atoms with Crippen molar-refractivity contribution in [1.82, 2.24) is 20.1 Å². The summed E-state index contributed by atoms with van der Waals surface area (Å²) in [6.07, 6.45) is 20.0. The van der Waals surface area contributed by atoms with Gasteiger partial charge in [0.25, 0.3) is 5.91 Å². The standard InChI is InChI=1S/C23H28N6O.C2H6.C2H2/c1-23(2)9-18(19(24)10-23)20(25)16-8-17-13-29(28-21(17)27-11-16)12-14-4-6-15(7-5-14)22(30)26-3;2*1-2/h4,6-8,11,13-14,25H,5,9-10,12,24H2,1-3H3,(H,26,30);1-2H3;1-2H. The Hall–Kier alpha value is -3.66. The molecule has 0 radical (unpaired) electrons. The molecule has 0 aromatic carbocycles. The van der Waals surface area contributed by atoms with Crippen LogP contribution in [0.15, 0.2) is 53.5 Å². The molecule has 7 nitrogen and oxygen atoms in total. The fourth-order valence-corrected chi connectivity index (χ4v) is 4.25. The van der Waals surface area contributed by atoms with Gasteiger partial charge in [0.1, 0.15) is 0 Å². The van der Waals surface area contributed by atoms with Crippen LogP contribution in [0.3, 0.4) is 0 Å². The smallest absolute Gasteiger partial charge is 0.250 e. The molecule has 0 saturated heterocycles. The second kappa shape index (κ2) is 11.5. The van der Waals surface area contributed by atoms with Gasteiger partial charge >= 0.3 is 0 Å². The lowest BCUT2D eigenvalue weighted by atomic mass is 9.88. The van der Waals surface area contributed by atoms with Crippen LogP contribution in [0.4, 0.5) is 0 Å². The second-order valence-corrected chi connectivity index (χ2v) is 8.98. The van der Waals surface area contributed by atoms with Crippen molar-refractivity contribution < 1.29 is 4.79 Å². The highest BCUT2D eigenvalue weighted by atomic mass is 16.1. The zero-order valence-electron chi connectivity index (χ0n) is 20.9. The normalized spacial score (nSPS) is 18.3. The first-order valence-electron chi connectivity index (χ1n) is 11.6. The molecule has 34 heavy (non-hydrogen) atoms. The van der Waals surface area contributed by atoms with Crippen LogP contribution in [0, 0.1) is 29.6 Å². The maximum Gasteiger partial charge on any atom is 0.250 e. The number of amides is 1. The topological polar surface area (TPSA) is 110 Å². The number of fused-ring (bicyclic) bond motifs is 1. The number of hydrogen-bond donors (Lipinski definition) is 3. The SMILES string of the molecule is C#C.CC.CNC(=O)C1=CCC(Cn2cc3cc(C(=N)C4=C(N)CC(C)(C)C4)cnc3n2)C=C1. The first kappa shape index (κ1) is 26.6. The molecule has 2 aliphatic rings. The fourth-order valence-electron chi connectivity index (χ4n) is 4.25. The summed E-state index contributed by atoms with van der Waals surface area (Å²) in [5, 5.41) is 16.8. The molecule has 1 unspecified atom stereocenters. The van der Waals surface area contributed by atoms with E-state index < -0.39 is 0 Å². The van der Waals surface area contributed by atoms with Crippen molar-refractivity contribution >= 4 is 22.7 Å². The Kier molecular flexibility index (Phi) is 8.97. The molecule has 2 heterocycles. The molecule has 0 aliphatic heterocycles. The number of rotatable bonds is 5. The van der Waals surface area contributed by atoms with Gasteiger partial charge in [-0.2, -0.15) is 5.10 Å². The summed E-state index contributed by atoms with van der Waals surface area (Å²) < 4.78 is 1.89. The van der Waals surface area contributed by atoms with Crippen LogP contribution in [0.1, 0.15) is 52.5 Å². The lowest BCUT2D eigenvalue weighted by Crippen LogP contribution is -2.21. The Morgan fingerprint density at radius 2 is 2.03 bits per heavy atom. The maximum absolute atomic E-state index is 11.7. The summed E-state index contributed by atoms with van der Waals surface area (Å²) in [4.78, 5) is 16.2. The highest BCUT2D eigenvalue weighted by Crippen LogP contribution is 2.40. The number of hydrogen-bond acceptors (Lipinski definition) is 5. The second-order valence-electron chi connectivity index (χ2n) is 8.98. The quantitative estimate of drug-likeness (QED) is 0.455. The van der Waals surface area contributed by atoms with E-state index in [1.807, 2.05) is 42.9 Å².